The van der Waals surface area contributed by atoms with Crippen LogP contribution in [-0.2, 0) is 4.79 Å². The number of amides is 1. The van der Waals surface area contributed by atoms with Gasteiger partial charge in [0.2, 0.25) is 0 Å². The first-order chi connectivity index (χ1) is 14.4. The number of nitrogens with zero attached hydrogens (tertiary/aromatic N) is 4. The largest absolute Gasteiger partial charge is 0.304 e. The van der Waals surface area contributed by atoms with Crippen molar-refractivity contribution >= 4 is 52.1 Å². The highest BCUT2D eigenvalue weighted by molar-refractivity contribution is 6.40. The van der Waals surface area contributed by atoms with Crippen molar-refractivity contribution in [2.45, 2.75) is 12.5 Å². The van der Waals surface area contributed by atoms with Crippen molar-refractivity contribution < 1.29 is 4.79 Å². The number of likely N-dealkylation sites (N-methyl/N-ethyl adjacent to an activating group) is 1. The van der Waals surface area contributed by atoms with Crippen LogP contribution in [0.1, 0.15) is 18.0 Å². The van der Waals surface area contributed by atoms with Crippen molar-refractivity contribution in [3.05, 3.63) is 63.1 Å². The van der Waals surface area contributed by atoms with E-state index in [9.17, 15) is 4.79 Å². The molecule has 0 bridgehead atoms. The quantitative estimate of drug-likeness (QED) is 0.732. The molecule has 2 aromatic rings. The molecule has 9 heteroatoms. The van der Waals surface area contributed by atoms with Gasteiger partial charge in [-0.15, -0.1) is 0 Å². The zero-order valence-corrected chi connectivity index (χ0v) is 18.8. The molecular formula is C21H22Cl3N5O. The smallest absolute Gasteiger partial charge is 0.281 e. The third-order valence-corrected chi connectivity index (χ3v) is 6.14. The summed E-state index contributed by atoms with van der Waals surface area (Å²) in [5.41, 5.74) is 5.15. The number of benzene rings is 2. The van der Waals surface area contributed by atoms with Gasteiger partial charge in [0.15, 0.2) is 0 Å². The van der Waals surface area contributed by atoms with E-state index in [0.29, 0.717) is 32.9 Å². The average molecular weight is 467 g/mol. The Morgan fingerprint density at radius 1 is 1.00 bits per heavy atom. The van der Waals surface area contributed by atoms with E-state index in [2.05, 4.69) is 22.5 Å². The van der Waals surface area contributed by atoms with E-state index in [1.54, 1.807) is 17.1 Å². The van der Waals surface area contributed by atoms with E-state index in [-0.39, 0.29) is 11.9 Å². The predicted molar refractivity (Wildman–Crippen MR) is 122 cm³/mol. The van der Waals surface area contributed by atoms with Crippen LogP contribution >= 0.6 is 34.8 Å². The van der Waals surface area contributed by atoms with Crippen molar-refractivity contribution in [3.63, 3.8) is 0 Å². The summed E-state index contributed by atoms with van der Waals surface area (Å²) < 4.78 is 0. The SMILES string of the molecule is CN1CCN(NC(=O)C2=NN(c3ccc(Cl)cc3Cl)C(c3ccc(Cl)cc3)C2)CC1. The van der Waals surface area contributed by atoms with Gasteiger partial charge in [0, 0.05) is 42.6 Å². The Morgan fingerprint density at radius 3 is 2.33 bits per heavy atom. The number of hydrazine groups is 1. The molecule has 2 heterocycles. The lowest BCUT2D eigenvalue weighted by Gasteiger charge is -2.32. The van der Waals surface area contributed by atoms with Crippen LogP contribution in [-0.4, -0.2) is 54.8 Å². The van der Waals surface area contributed by atoms with Crippen LogP contribution in [0.3, 0.4) is 0 Å². The van der Waals surface area contributed by atoms with Crippen molar-refractivity contribution in [3.8, 4) is 0 Å². The van der Waals surface area contributed by atoms with Gasteiger partial charge < -0.3 is 4.90 Å². The number of carbonyl (C=O) groups is 1. The van der Waals surface area contributed by atoms with Gasteiger partial charge in [-0.1, -0.05) is 46.9 Å². The minimum Gasteiger partial charge on any atom is -0.304 e. The fraction of sp³-hybridized carbons (Fsp3) is 0.333. The van der Waals surface area contributed by atoms with E-state index in [4.69, 9.17) is 34.8 Å². The van der Waals surface area contributed by atoms with Gasteiger partial charge in [-0.3, -0.25) is 15.2 Å². The number of hydrogen-bond donors (Lipinski definition) is 1. The zero-order valence-electron chi connectivity index (χ0n) is 16.5. The van der Waals surface area contributed by atoms with Crippen molar-refractivity contribution in [1.29, 1.82) is 0 Å². The average Bonchev–Trinajstić information content (AvgIpc) is 3.15. The van der Waals surface area contributed by atoms with Gasteiger partial charge >= 0.3 is 0 Å². The summed E-state index contributed by atoms with van der Waals surface area (Å²) in [6.45, 7) is 3.38. The van der Waals surface area contributed by atoms with E-state index in [1.165, 1.54) is 0 Å². The molecule has 0 aromatic heterocycles. The molecule has 158 valence electrons. The second-order valence-corrected chi connectivity index (χ2v) is 8.77. The molecule has 0 saturated carbocycles. The van der Waals surface area contributed by atoms with Crippen LogP contribution in [0, 0.1) is 0 Å². The van der Waals surface area contributed by atoms with E-state index in [0.717, 1.165) is 31.7 Å². The van der Waals surface area contributed by atoms with Gasteiger partial charge in [0.1, 0.15) is 5.71 Å². The number of hydrazone groups is 1. The van der Waals surface area contributed by atoms with Crippen LogP contribution in [0.15, 0.2) is 47.6 Å². The molecule has 30 heavy (non-hydrogen) atoms. The molecule has 4 rings (SSSR count). The maximum atomic E-state index is 12.9. The Balaban J connectivity index is 1.60. The lowest BCUT2D eigenvalue weighted by Crippen LogP contribution is -2.53. The number of piperazine rings is 1. The molecule has 2 aromatic carbocycles. The number of anilines is 1. The first-order valence-corrected chi connectivity index (χ1v) is 10.9. The van der Waals surface area contributed by atoms with Crippen LogP contribution in [0.25, 0.3) is 0 Å². The van der Waals surface area contributed by atoms with Gasteiger partial charge in [-0.25, -0.2) is 5.01 Å². The lowest BCUT2D eigenvalue weighted by atomic mass is 10.0. The molecule has 1 N–H and O–H groups in total. The van der Waals surface area contributed by atoms with Gasteiger partial charge in [-0.2, -0.15) is 5.10 Å². The Bertz CT molecular complexity index is 958. The molecule has 1 atom stereocenters. The van der Waals surface area contributed by atoms with Crippen molar-refractivity contribution in [2.24, 2.45) is 5.10 Å². The first kappa shape index (κ1) is 21.4. The number of hydrogen-bond acceptors (Lipinski definition) is 5. The number of halogens is 3. The Morgan fingerprint density at radius 2 is 1.67 bits per heavy atom. The summed E-state index contributed by atoms with van der Waals surface area (Å²) in [6, 6.07) is 12.6. The van der Waals surface area contributed by atoms with E-state index in [1.807, 2.05) is 35.3 Å². The van der Waals surface area contributed by atoms with Crippen LogP contribution in [0.4, 0.5) is 5.69 Å². The molecule has 6 nitrogen and oxygen atoms in total. The standard InChI is InChI=1S/C21H22Cl3N5O/c1-27-8-10-28(11-9-27)26-21(30)18-13-20(14-2-4-15(22)5-3-14)29(25-18)19-7-6-16(23)12-17(19)24/h2-7,12,20H,8-11,13H2,1H3,(H,26,30). The monoisotopic (exact) mass is 465 g/mol. The minimum absolute atomic E-state index is 0.172. The van der Waals surface area contributed by atoms with E-state index < -0.39 is 0 Å². The third-order valence-electron chi connectivity index (χ3n) is 5.35. The summed E-state index contributed by atoms with van der Waals surface area (Å²) >= 11 is 18.6. The molecule has 1 amide bonds. The third kappa shape index (κ3) is 4.74. The Labute approximate surface area is 190 Å². The predicted octanol–water partition coefficient (Wildman–Crippen LogP) is 4.23. The zero-order chi connectivity index (χ0) is 21.3. The van der Waals surface area contributed by atoms with Crippen LogP contribution in [0.2, 0.25) is 15.1 Å². The summed E-state index contributed by atoms with van der Waals surface area (Å²) in [4.78, 5) is 15.2. The second-order valence-electron chi connectivity index (χ2n) is 7.49. The van der Waals surface area contributed by atoms with Gasteiger partial charge in [-0.05, 0) is 42.9 Å². The molecule has 0 aliphatic carbocycles. The summed E-state index contributed by atoms with van der Waals surface area (Å²) in [6.07, 6.45) is 0.458. The molecule has 0 spiro atoms. The molecule has 2 aliphatic heterocycles. The normalized spacial score (nSPS) is 20.3. The molecular weight excluding hydrogens is 445 g/mol. The number of carbonyl (C=O) groups excluding carboxylic acids is 1. The van der Waals surface area contributed by atoms with Crippen LogP contribution < -0.4 is 10.4 Å². The fourth-order valence-corrected chi connectivity index (χ4v) is 4.23. The lowest BCUT2D eigenvalue weighted by molar-refractivity contribution is -0.120. The minimum atomic E-state index is -0.189. The topological polar surface area (TPSA) is 51.2 Å². The molecule has 1 fully saturated rings. The maximum Gasteiger partial charge on any atom is 0.281 e. The van der Waals surface area contributed by atoms with E-state index >= 15 is 0 Å². The molecule has 1 unspecified atom stereocenters. The number of rotatable bonds is 4. The maximum absolute atomic E-state index is 12.9. The molecule has 1 saturated heterocycles. The fourth-order valence-electron chi connectivity index (χ4n) is 3.61. The van der Waals surface area contributed by atoms with Crippen LogP contribution in [0.5, 0.6) is 0 Å². The molecule has 2 aliphatic rings. The van der Waals surface area contributed by atoms with Gasteiger partial charge in [0.05, 0.1) is 16.8 Å². The van der Waals surface area contributed by atoms with Crippen molar-refractivity contribution in [1.82, 2.24) is 15.3 Å². The summed E-state index contributed by atoms with van der Waals surface area (Å²) in [5.74, 6) is -0.189. The second kappa shape index (κ2) is 9.12. The first-order valence-electron chi connectivity index (χ1n) is 9.72. The Hall–Kier alpha value is -1.83. The van der Waals surface area contributed by atoms with Crippen molar-refractivity contribution in [2.75, 3.05) is 38.2 Å². The highest BCUT2D eigenvalue weighted by Crippen LogP contribution is 2.39. The molecule has 0 radical (unpaired) electrons. The summed E-state index contributed by atoms with van der Waals surface area (Å²) in [7, 11) is 2.07. The highest BCUT2D eigenvalue weighted by atomic mass is 35.5. The summed E-state index contributed by atoms with van der Waals surface area (Å²) in [5, 5.41) is 10.1. The highest BCUT2D eigenvalue weighted by Gasteiger charge is 2.34. The number of nitrogens with one attached hydrogen (secondary N) is 1. The Kier molecular flexibility index (Phi) is 6.51. The van der Waals surface area contributed by atoms with Gasteiger partial charge in [0.25, 0.3) is 5.91 Å².